The summed E-state index contributed by atoms with van der Waals surface area (Å²) in [6.45, 7) is 7.34. The smallest absolute Gasteiger partial charge is 0.310 e. The molecule has 4 heteroatoms. The molecule has 0 saturated carbocycles. The number of rotatable bonds is 4. The third kappa shape index (κ3) is 2.53. The molecule has 0 bridgehead atoms. The molecular formula is C18H21BO3. The summed E-state index contributed by atoms with van der Waals surface area (Å²) in [6, 6.07) is 14.0. The number of aliphatic hydroxyl groups is 1. The molecule has 0 saturated heterocycles. The Hall–Kier alpha value is -1.78. The third-order valence-electron chi connectivity index (χ3n) is 4.55. The molecule has 22 heavy (non-hydrogen) atoms. The van der Waals surface area contributed by atoms with Crippen molar-refractivity contribution in [1.82, 2.24) is 0 Å². The van der Waals surface area contributed by atoms with Crippen LogP contribution in [0, 0.1) is 0 Å². The molecule has 1 N–H and O–H groups in total. The summed E-state index contributed by atoms with van der Waals surface area (Å²) in [5.41, 5.74) is 1.25. The van der Waals surface area contributed by atoms with Gasteiger partial charge in [-0.3, -0.25) is 0 Å². The summed E-state index contributed by atoms with van der Waals surface area (Å²) in [4.78, 5) is 0. The first kappa shape index (κ1) is 15.1. The summed E-state index contributed by atoms with van der Waals surface area (Å²) >= 11 is 0. The van der Waals surface area contributed by atoms with Crippen LogP contribution in [0.15, 0.2) is 46.9 Å². The van der Waals surface area contributed by atoms with Crippen LogP contribution >= 0.6 is 0 Å². The van der Waals surface area contributed by atoms with Crippen LogP contribution in [-0.4, -0.2) is 23.8 Å². The van der Waals surface area contributed by atoms with Crippen LogP contribution in [0.5, 0.6) is 0 Å². The molecular weight excluding hydrogens is 275 g/mol. The van der Waals surface area contributed by atoms with Crippen molar-refractivity contribution < 1.29 is 14.2 Å². The van der Waals surface area contributed by atoms with E-state index in [2.05, 4.69) is 6.07 Å². The average Bonchev–Trinajstić information content (AvgIpc) is 2.83. The van der Waals surface area contributed by atoms with Crippen molar-refractivity contribution in [3.8, 4) is 0 Å². The molecule has 0 unspecified atom stereocenters. The van der Waals surface area contributed by atoms with E-state index in [9.17, 15) is 5.11 Å². The minimum absolute atomic E-state index is 0.428. The average molecular weight is 296 g/mol. The Kier molecular flexibility index (Phi) is 3.54. The fourth-order valence-electron chi connectivity index (χ4n) is 2.40. The van der Waals surface area contributed by atoms with Gasteiger partial charge in [-0.15, -0.1) is 0 Å². The van der Waals surface area contributed by atoms with E-state index in [-0.39, 0.29) is 0 Å². The summed E-state index contributed by atoms with van der Waals surface area (Å²) in [6.07, 6.45) is 0. The maximum Gasteiger partial charge on any atom is 0.310 e. The molecule has 1 aromatic heterocycles. The maximum absolute atomic E-state index is 10.2. The van der Waals surface area contributed by atoms with Crippen molar-refractivity contribution >= 4 is 34.9 Å². The van der Waals surface area contributed by atoms with Crippen molar-refractivity contribution in [1.29, 1.82) is 0 Å². The lowest BCUT2D eigenvalue weighted by atomic mass is 9.80. The molecule has 0 aliphatic rings. The predicted molar refractivity (Wildman–Crippen MR) is 92.0 cm³/mol. The third-order valence-corrected chi connectivity index (χ3v) is 4.55. The first-order valence-corrected chi connectivity index (χ1v) is 7.55. The second kappa shape index (κ2) is 5.15. The van der Waals surface area contributed by atoms with Gasteiger partial charge in [0.25, 0.3) is 0 Å². The predicted octanol–water partition coefficient (Wildman–Crippen LogP) is 3.13. The Balaban J connectivity index is 2.01. The van der Waals surface area contributed by atoms with Crippen molar-refractivity contribution in [2.24, 2.45) is 0 Å². The number of hydrogen-bond donors (Lipinski definition) is 1. The molecule has 0 fully saturated rings. The Bertz CT molecular complexity index is 812. The molecule has 0 aliphatic carbocycles. The van der Waals surface area contributed by atoms with E-state index in [0.717, 1.165) is 27.4 Å². The van der Waals surface area contributed by atoms with Gasteiger partial charge in [0.05, 0.1) is 11.2 Å². The lowest BCUT2D eigenvalue weighted by molar-refractivity contribution is -0.0893. The number of para-hydroxylation sites is 1. The Morgan fingerprint density at radius 1 is 0.955 bits per heavy atom. The zero-order valence-corrected chi connectivity index (χ0v) is 13.5. The zero-order chi connectivity index (χ0) is 16.0. The lowest BCUT2D eigenvalue weighted by Gasteiger charge is -2.37. The number of fused-ring (bicyclic) bond motifs is 3. The largest absolute Gasteiger partial charge is 0.456 e. The first-order valence-electron chi connectivity index (χ1n) is 7.55. The normalized spacial score (nSPS) is 13.0. The van der Waals surface area contributed by atoms with E-state index in [1.54, 1.807) is 13.8 Å². The summed E-state index contributed by atoms with van der Waals surface area (Å²) in [5, 5.41) is 12.4. The molecule has 0 amide bonds. The molecule has 3 nitrogen and oxygen atoms in total. The van der Waals surface area contributed by atoms with Gasteiger partial charge in [-0.25, -0.2) is 0 Å². The minimum atomic E-state index is -0.917. The quantitative estimate of drug-likeness (QED) is 0.752. The fraction of sp³-hybridized carbons (Fsp3) is 0.333. The number of hydrogen-bond acceptors (Lipinski definition) is 3. The molecule has 0 atom stereocenters. The molecule has 2 aromatic carbocycles. The van der Waals surface area contributed by atoms with Gasteiger partial charge in [-0.05, 0) is 45.3 Å². The van der Waals surface area contributed by atoms with Crippen LogP contribution < -0.4 is 5.46 Å². The fourth-order valence-corrected chi connectivity index (χ4v) is 2.40. The molecule has 3 rings (SSSR count). The Labute approximate surface area is 131 Å². The van der Waals surface area contributed by atoms with E-state index >= 15 is 0 Å². The highest BCUT2D eigenvalue weighted by Crippen LogP contribution is 2.28. The second-order valence-electron chi connectivity index (χ2n) is 6.75. The molecule has 1 heterocycles. The first-order chi connectivity index (χ1) is 10.3. The van der Waals surface area contributed by atoms with Crippen LogP contribution in [0.4, 0.5) is 0 Å². The molecule has 3 aromatic rings. The monoisotopic (exact) mass is 296 g/mol. The van der Waals surface area contributed by atoms with Gasteiger partial charge in [-0.2, -0.15) is 0 Å². The van der Waals surface area contributed by atoms with E-state index in [1.807, 2.05) is 50.2 Å². The van der Waals surface area contributed by atoms with Gasteiger partial charge in [0.1, 0.15) is 11.2 Å². The van der Waals surface area contributed by atoms with Gasteiger partial charge in [0.15, 0.2) is 0 Å². The van der Waals surface area contributed by atoms with Crippen LogP contribution in [-0.2, 0) is 4.65 Å². The van der Waals surface area contributed by atoms with Gasteiger partial charge in [0, 0.05) is 10.8 Å². The van der Waals surface area contributed by atoms with Crippen LogP contribution in [0.3, 0.4) is 0 Å². The van der Waals surface area contributed by atoms with E-state index in [0.29, 0.717) is 7.48 Å². The molecule has 0 spiro atoms. The summed E-state index contributed by atoms with van der Waals surface area (Å²) in [5.74, 6) is 0. The Morgan fingerprint density at radius 2 is 1.64 bits per heavy atom. The van der Waals surface area contributed by atoms with E-state index in [1.165, 1.54) is 0 Å². The molecule has 0 radical (unpaired) electrons. The summed E-state index contributed by atoms with van der Waals surface area (Å²) in [7, 11) is 0.428. The van der Waals surface area contributed by atoms with Crippen molar-refractivity contribution in [2.45, 2.75) is 38.9 Å². The van der Waals surface area contributed by atoms with E-state index < -0.39 is 11.2 Å². The highest BCUT2D eigenvalue weighted by Gasteiger charge is 2.35. The summed E-state index contributed by atoms with van der Waals surface area (Å²) < 4.78 is 11.9. The maximum atomic E-state index is 10.2. The minimum Gasteiger partial charge on any atom is -0.456 e. The van der Waals surface area contributed by atoms with Crippen LogP contribution in [0.25, 0.3) is 21.9 Å². The zero-order valence-electron chi connectivity index (χ0n) is 13.5. The van der Waals surface area contributed by atoms with E-state index in [4.69, 9.17) is 9.07 Å². The van der Waals surface area contributed by atoms with Crippen molar-refractivity contribution in [3.05, 3.63) is 42.5 Å². The molecule has 114 valence electrons. The standard InChI is InChI=1S/C18H21BO3/c1-17(2,20)18(3,4)22-19-13-9-7-11-15-16(13)12-8-5-6-10-14(12)21-15/h5-11,19-20H,1-4H3. The van der Waals surface area contributed by atoms with Gasteiger partial charge in [-0.1, -0.05) is 30.3 Å². The second-order valence-corrected chi connectivity index (χ2v) is 6.75. The SMILES string of the molecule is CC(C)(O)C(C)(C)OBc1cccc2oc3ccccc3c12. The van der Waals surface area contributed by atoms with Gasteiger partial charge in [0.2, 0.25) is 0 Å². The number of benzene rings is 2. The van der Waals surface area contributed by atoms with Gasteiger partial charge >= 0.3 is 7.48 Å². The van der Waals surface area contributed by atoms with Crippen molar-refractivity contribution in [3.63, 3.8) is 0 Å². The Morgan fingerprint density at radius 3 is 2.36 bits per heavy atom. The highest BCUT2D eigenvalue weighted by molar-refractivity contribution is 6.52. The van der Waals surface area contributed by atoms with Crippen LogP contribution in [0.1, 0.15) is 27.7 Å². The topological polar surface area (TPSA) is 42.6 Å². The molecule has 0 aliphatic heterocycles. The number of furan rings is 1. The lowest BCUT2D eigenvalue weighted by Crippen LogP contribution is -2.49. The highest BCUT2D eigenvalue weighted by atomic mass is 16.5. The van der Waals surface area contributed by atoms with Crippen molar-refractivity contribution in [2.75, 3.05) is 0 Å². The van der Waals surface area contributed by atoms with Crippen LogP contribution in [0.2, 0.25) is 0 Å². The van der Waals surface area contributed by atoms with Gasteiger partial charge < -0.3 is 14.2 Å².